The Morgan fingerprint density at radius 2 is 1.89 bits per heavy atom. The molecule has 0 aliphatic carbocycles. The number of benzene rings is 1. The van der Waals surface area contributed by atoms with Gasteiger partial charge >= 0.3 is 0 Å². The third kappa shape index (κ3) is 7.83. The molecule has 0 spiro atoms. The highest BCUT2D eigenvalue weighted by Crippen LogP contribution is 2.26. The van der Waals surface area contributed by atoms with Gasteiger partial charge in [-0.2, -0.15) is 0 Å². The minimum Gasteiger partial charge on any atom is -0.384 e. The maximum atomic E-state index is 14.4. The van der Waals surface area contributed by atoms with Crippen molar-refractivity contribution in [3.8, 4) is 0 Å². The lowest BCUT2D eigenvalue weighted by atomic mass is 10.1. The summed E-state index contributed by atoms with van der Waals surface area (Å²) >= 11 is 0. The van der Waals surface area contributed by atoms with E-state index in [0.717, 1.165) is 32.5 Å². The summed E-state index contributed by atoms with van der Waals surface area (Å²) in [6.07, 6.45) is 5.05. The Kier molecular flexibility index (Phi) is 10.2. The van der Waals surface area contributed by atoms with Crippen LogP contribution in [0.3, 0.4) is 0 Å². The van der Waals surface area contributed by atoms with Crippen LogP contribution in [0, 0.1) is 11.7 Å². The van der Waals surface area contributed by atoms with Crippen LogP contribution in [0.2, 0.25) is 0 Å². The molecule has 8 heteroatoms. The van der Waals surface area contributed by atoms with Crippen molar-refractivity contribution >= 4 is 17.5 Å². The summed E-state index contributed by atoms with van der Waals surface area (Å²) in [5.41, 5.74) is 1.72. The average Bonchev–Trinajstić information content (AvgIpc) is 2.84. The smallest absolute Gasteiger partial charge is 0.259 e. The molecule has 3 rings (SSSR count). The van der Waals surface area contributed by atoms with E-state index < -0.39 is 5.82 Å². The molecule has 1 aromatic carbocycles. The van der Waals surface area contributed by atoms with Gasteiger partial charge in [0.2, 0.25) is 5.91 Å². The summed E-state index contributed by atoms with van der Waals surface area (Å²) in [5, 5.41) is 0. The summed E-state index contributed by atoms with van der Waals surface area (Å²) in [7, 11) is 1.57. The van der Waals surface area contributed by atoms with E-state index in [1.165, 1.54) is 12.1 Å². The summed E-state index contributed by atoms with van der Waals surface area (Å²) < 4.78 is 19.5. The maximum absolute atomic E-state index is 14.4. The molecule has 35 heavy (non-hydrogen) atoms. The van der Waals surface area contributed by atoms with E-state index in [1.54, 1.807) is 47.5 Å². The number of anilines is 1. The Hall–Kier alpha value is -2.84. The molecule has 7 nitrogen and oxygen atoms in total. The molecule has 0 atom stereocenters. The highest BCUT2D eigenvalue weighted by atomic mass is 19.1. The lowest BCUT2D eigenvalue weighted by Gasteiger charge is -2.32. The van der Waals surface area contributed by atoms with E-state index in [2.05, 4.69) is 23.7 Å². The van der Waals surface area contributed by atoms with Gasteiger partial charge < -0.3 is 19.4 Å². The molecule has 0 saturated carbocycles. The topological polar surface area (TPSA) is 66.0 Å². The van der Waals surface area contributed by atoms with E-state index in [-0.39, 0.29) is 24.8 Å². The Balaban J connectivity index is 1.99. The number of ether oxygens (including phenoxy) is 1. The van der Waals surface area contributed by atoms with Crippen LogP contribution in [0.1, 0.15) is 49.0 Å². The molecule has 1 aromatic heterocycles. The summed E-state index contributed by atoms with van der Waals surface area (Å²) in [6.45, 7) is 8.65. The van der Waals surface area contributed by atoms with Crippen LogP contribution in [-0.4, -0.2) is 73.0 Å². The molecule has 0 fully saturated rings. The van der Waals surface area contributed by atoms with Crippen LogP contribution in [0.15, 0.2) is 42.7 Å². The first-order valence-corrected chi connectivity index (χ1v) is 12.4. The number of nitrogens with zero attached hydrogens (tertiary/aromatic N) is 4. The molecule has 0 saturated heterocycles. The van der Waals surface area contributed by atoms with E-state index in [1.807, 2.05) is 0 Å². The SMILES string of the molecule is COCCC(=O)N1CCCN(CC(C)C)CCCN(C(=O)c2cccnc2)c2ccc(F)cc2C1. The Labute approximate surface area is 207 Å². The van der Waals surface area contributed by atoms with Crippen molar-refractivity contribution in [2.24, 2.45) is 5.92 Å². The first-order chi connectivity index (χ1) is 16.9. The zero-order chi connectivity index (χ0) is 25.2. The minimum atomic E-state index is -0.392. The first kappa shape index (κ1) is 26.8. The van der Waals surface area contributed by atoms with Crippen molar-refractivity contribution in [1.82, 2.24) is 14.8 Å². The van der Waals surface area contributed by atoms with Crippen LogP contribution < -0.4 is 4.90 Å². The van der Waals surface area contributed by atoms with Gasteiger partial charge in [0.25, 0.3) is 5.91 Å². The van der Waals surface area contributed by atoms with Crippen LogP contribution in [-0.2, 0) is 16.1 Å². The van der Waals surface area contributed by atoms with Crippen molar-refractivity contribution in [2.75, 3.05) is 51.3 Å². The molecule has 1 aliphatic rings. The highest BCUT2D eigenvalue weighted by molar-refractivity contribution is 6.06. The number of amides is 2. The second-order valence-electron chi connectivity index (χ2n) is 9.43. The molecule has 0 unspecified atom stereocenters. The van der Waals surface area contributed by atoms with Crippen LogP contribution in [0.4, 0.5) is 10.1 Å². The van der Waals surface area contributed by atoms with Gasteiger partial charge in [-0.25, -0.2) is 4.39 Å². The van der Waals surface area contributed by atoms with E-state index in [9.17, 15) is 14.0 Å². The number of halogens is 1. The fourth-order valence-electron chi connectivity index (χ4n) is 4.51. The highest BCUT2D eigenvalue weighted by Gasteiger charge is 2.24. The number of hydrogen-bond acceptors (Lipinski definition) is 5. The van der Waals surface area contributed by atoms with E-state index in [0.29, 0.717) is 42.4 Å². The molecule has 2 aromatic rings. The molecule has 2 heterocycles. The van der Waals surface area contributed by atoms with Crippen molar-refractivity contribution in [1.29, 1.82) is 0 Å². The van der Waals surface area contributed by atoms with E-state index >= 15 is 0 Å². The van der Waals surface area contributed by atoms with Crippen molar-refractivity contribution in [2.45, 2.75) is 39.7 Å². The number of rotatable bonds is 6. The standard InChI is InChI=1S/C27H37FN4O3/c1-21(2)19-30-12-5-14-31(26(33)10-16-35-3)20-23-17-24(28)8-9-25(23)32(15-6-13-30)27(34)22-7-4-11-29-18-22/h4,7-9,11,17-18,21H,5-6,10,12-16,19-20H2,1-3H3. The second-order valence-corrected chi connectivity index (χ2v) is 9.43. The zero-order valence-electron chi connectivity index (χ0n) is 21.1. The minimum absolute atomic E-state index is 0.0420. The number of hydrogen-bond donors (Lipinski definition) is 0. The van der Waals surface area contributed by atoms with Gasteiger partial charge in [0, 0.05) is 51.4 Å². The molecular formula is C27H37FN4O3. The van der Waals surface area contributed by atoms with E-state index in [4.69, 9.17) is 4.74 Å². The van der Waals surface area contributed by atoms with Gasteiger partial charge in [0.05, 0.1) is 18.6 Å². The zero-order valence-corrected chi connectivity index (χ0v) is 21.1. The number of carbonyl (C=O) groups is 2. The molecule has 0 bridgehead atoms. The van der Waals surface area contributed by atoms with Gasteiger partial charge in [0.1, 0.15) is 5.82 Å². The van der Waals surface area contributed by atoms with Crippen LogP contribution in [0.25, 0.3) is 0 Å². The van der Waals surface area contributed by atoms with Gasteiger partial charge in [0.15, 0.2) is 0 Å². The Bertz CT molecular complexity index is 970. The van der Waals surface area contributed by atoms with Gasteiger partial charge in [-0.3, -0.25) is 14.6 Å². The van der Waals surface area contributed by atoms with Crippen molar-refractivity contribution in [3.05, 3.63) is 59.7 Å². The van der Waals surface area contributed by atoms with Crippen LogP contribution in [0.5, 0.6) is 0 Å². The molecule has 0 N–H and O–H groups in total. The number of aromatic nitrogens is 1. The maximum Gasteiger partial charge on any atom is 0.259 e. The first-order valence-electron chi connectivity index (χ1n) is 12.4. The van der Waals surface area contributed by atoms with Gasteiger partial charge in [-0.1, -0.05) is 13.8 Å². The number of carbonyl (C=O) groups excluding carboxylic acids is 2. The Morgan fingerprint density at radius 1 is 1.11 bits per heavy atom. The number of fused-ring (bicyclic) bond motifs is 1. The fraction of sp³-hybridized carbons (Fsp3) is 0.519. The predicted molar refractivity (Wildman–Crippen MR) is 135 cm³/mol. The van der Waals surface area contributed by atoms with Crippen molar-refractivity contribution in [3.63, 3.8) is 0 Å². The third-order valence-electron chi connectivity index (χ3n) is 6.10. The average molecular weight is 485 g/mol. The molecule has 2 amide bonds. The molecule has 190 valence electrons. The lowest BCUT2D eigenvalue weighted by Crippen LogP contribution is -2.40. The summed E-state index contributed by atoms with van der Waals surface area (Å²) in [6, 6.07) is 7.92. The molecule has 0 radical (unpaired) electrons. The third-order valence-corrected chi connectivity index (χ3v) is 6.10. The number of methoxy groups -OCH3 is 1. The normalized spacial score (nSPS) is 15.9. The second kappa shape index (κ2) is 13.3. The van der Waals surface area contributed by atoms with Crippen LogP contribution >= 0.6 is 0 Å². The van der Waals surface area contributed by atoms with Gasteiger partial charge in [-0.05, 0) is 67.7 Å². The predicted octanol–water partition coefficient (Wildman–Crippen LogP) is 3.98. The quantitative estimate of drug-likeness (QED) is 0.621. The van der Waals surface area contributed by atoms with Crippen molar-refractivity contribution < 1.29 is 18.7 Å². The monoisotopic (exact) mass is 484 g/mol. The molecule has 1 aliphatic heterocycles. The molecular weight excluding hydrogens is 447 g/mol. The summed E-state index contributed by atoms with van der Waals surface area (Å²) in [5.74, 6) is -0.105. The largest absolute Gasteiger partial charge is 0.384 e. The summed E-state index contributed by atoms with van der Waals surface area (Å²) in [4.78, 5) is 36.6. The Morgan fingerprint density at radius 3 is 2.57 bits per heavy atom. The fourth-order valence-corrected chi connectivity index (χ4v) is 4.51. The van der Waals surface area contributed by atoms with Gasteiger partial charge in [-0.15, -0.1) is 0 Å². The number of pyridine rings is 1. The lowest BCUT2D eigenvalue weighted by molar-refractivity contribution is -0.132.